The van der Waals surface area contributed by atoms with E-state index in [9.17, 15) is 4.39 Å². The maximum atomic E-state index is 13.8. The van der Waals surface area contributed by atoms with Crippen molar-refractivity contribution >= 4 is 5.69 Å². The molecule has 0 bridgehead atoms. The molecule has 5 nitrogen and oxygen atoms in total. The molecule has 1 heterocycles. The fourth-order valence-corrected chi connectivity index (χ4v) is 2.17. The lowest BCUT2D eigenvalue weighted by Gasteiger charge is -2.16. The molecule has 3 aromatic rings. The molecule has 0 aliphatic rings. The SMILES string of the molecule is CC(Nc1cccc(-n2cnnn2)c1)c1ccccc1F. The van der Waals surface area contributed by atoms with Gasteiger partial charge in [-0.25, -0.2) is 9.07 Å². The normalized spacial score (nSPS) is 12.1. The van der Waals surface area contributed by atoms with Crippen molar-refractivity contribution in [3.8, 4) is 5.69 Å². The van der Waals surface area contributed by atoms with Crippen molar-refractivity contribution in [2.24, 2.45) is 0 Å². The zero-order chi connectivity index (χ0) is 14.7. The third kappa shape index (κ3) is 2.89. The van der Waals surface area contributed by atoms with E-state index in [1.165, 1.54) is 12.4 Å². The quantitative estimate of drug-likeness (QED) is 0.799. The Hall–Kier alpha value is -2.76. The Morgan fingerprint density at radius 2 is 2.00 bits per heavy atom. The predicted octanol–water partition coefficient (Wildman–Crippen LogP) is 2.97. The lowest BCUT2D eigenvalue weighted by Crippen LogP contribution is -2.09. The van der Waals surface area contributed by atoms with E-state index in [4.69, 9.17) is 0 Å². The lowest BCUT2D eigenvalue weighted by molar-refractivity contribution is 0.600. The average Bonchev–Trinajstić information content (AvgIpc) is 3.02. The first kappa shape index (κ1) is 13.2. The van der Waals surface area contributed by atoms with Crippen molar-refractivity contribution in [1.29, 1.82) is 0 Å². The number of nitrogens with zero attached hydrogens (tertiary/aromatic N) is 4. The van der Waals surface area contributed by atoms with E-state index in [0.29, 0.717) is 5.56 Å². The molecule has 1 aromatic heterocycles. The van der Waals surface area contributed by atoms with Crippen LogP contribution in [0.3, 0.4) is 0 Å². The molecule has 0 spiro atoms. The second kappa shape index (κ2) is 5.70. The minimum absolute atomic E-state index is 0.143. The van der Waals surface area contributed by atoms with Crippen LogP contribution in [-0.2, 0) is 0 Å². The number of rotatable bonds is 4. The van der Waals surface area contributed by atoms with Crippen molar-refractivity contribution in [3.05, 3.63) is 66.2 Å². The standard InChI is InChI=1S/C15H14FN5/c1-11(14-7-2-3-8-15(14)16)18-12-5-4-6-13(9-12)21-10-17-19-20-21/h2-11,18H,1H3. The Labute approximate surface area is 121 Å². The second-order valence-corrected chi connectivity index (χ2v) is 4.69. The van der Waals surface area contributed by atoms with Crippen molar-refractivity contribution in [3.63, 3.8) is 0 Å². The molecule has 21 heavy (non-hydrogen) atoms. The lowest BCUT2D eigenvalue weighted by atomic mass is 10.1. The van der Waals surface area contributed by atoms with E-state index in [1.54, 1.807) is 16.8 Å². The number of anilines is 1. The second-order valence-electron chi connectivity index (χ2n) is 4.69. The summed E-state index contributed by atoms with van der Waals surface area (Å²) >= 11 is 0. The largest absolute Gasteiger partial charge is 0.378 e. The van der Waals surface area contributed by atoms with Crippen LogP contribution in [0, 0.1) is 5.82 Å². The first-order valence-electron chi connectivity index (χ1n) is 6.58. The number of nitrogens with one attached hydrogen (secondary N) is 1. The van der Waals surface area contributed by atoms with Gasteiger partial charge >= 0.3 is 0 Å². The molecule has 0 saturated carbocycles. The van der Waals surface area contributed by atoms with Crippen LogP contribution in [0.1, 0.15) is 18.5 Å². The summed E-state index contributed by atoms with van der Waals surface area (Å²) in [6, 6.07) is 14.2. The van der Waals surface area contributed by atoms with E-state index < -0.39 is 0 Å². The summed E-state index contributed by atoms with van der Waals surface area (Å²) in [5.41, 5.74) is 2.34. The van der Waals surface area contributed by atoms with Crippen LogP contribution in [-0.4, -0.2) is 20.2 Å². The fourth-order valence-electron chi connectivity index (χ4n) is 2.17. The van der Waals surface area contributed by atoms with Gasteiger partial charge in [0.2, 0.25) is 0 Å². The van der Waals surface area contributed by atoms with Crippen LogP contribution < -0.4 is 5.32 Å². The van der Waals surface area contributed by atoms with Crippen LogP contribution in [0.5, 0.6) is 0 Å². The van der Waals surface area contributed by atoms with Gasteiger partial charge in [-0.3, -0.25) is 0 Å². The Kier molecular flexibility index (Phi) is 3.59. The number of tetrazole rings is 1. The average molecular weight is 283 g/mol. The van der Waals surface area contributed by atoms with Crippen molar-refractivity contribution in [2.75, 3.05) is 5.32 Å². The number of benzene rings is 2. The number of hydrogen-bond acceptors (Lipinski definition) is 4. The van der Waals surface area contributed by atoms with E-state index in [1.807, 2.05) is 37.3 Å². The van der Waals surface area contributed by atoms with Gasteiger partial charge in [-0.15, -0.1) is 5.10 Å². The van der Waals surface area contributed by atoms with E-state index in [0.717, 1.165) is 11.4 Å². The maximum Gasteiger partial charge on any atom is 0.143 e. The van der Waals surface area contributed by atoms with Gasteiger partial charge in [-0.05, 0) is 41.6 Å². The van der Waals surface area contributed by atoms with Gasteiger partial charge in [-0.1, -0.05) is 24.3 Å². The molecule has 2 aromatic carbocycles. The molecule has 6 heteroatoms. The van der Waals surface area contributed by atoms with Crippen molar-refractivity contribution in [1.82, 2.24) is 20.2 Å². The maximum absolute atomic E-state index is 13.8. The van der Waals surface area contributed by atoms with Crippen molar-refractivity contribution in [2.45, 2.75) is 13.0 Å². The Morgan fingerprint density at radius 3 is 2.76 bits per heavy atom. The number of hydrogen-bond donors (Lipinski definition) is 1. The Morgan fingerprint density at radius 1 is 1.14 bits per heavy atom. The van der Waals surface area contributed by atoms with Crippen LogP contribution in [0.4, 0.5) is 10.1 Å². The summed E-state index contributed by atoms with van der Waals surface area (Å²) in [5.74, 6) is -0.214. The van der Waals surface area contributed by atoms with Gasteiger partial charge in [0.25, 0.3) is 0 Å². The molecule has 0 aliphatic heterocycles. The summed E-state index contributed by atoms with van der Waals surface area (Å²) in [4.78, 5) is 0. The van der Waals surface area contributed by atoms with Gasteiger partial charge in [0.1, 0.15) is 12.1 Å². The summed E-state index contributed by atoms with van der Waals surface area (Å²) in [5, 5.41) is 14.3. The highest BCUT2D eigenvalue weighted by molar-refractivity contribution is 5.52. The Balaban J connectivity index is 1.82. The van der Waals surface area contributed by atoms with Gasteiger partial charge in [0.05, 0.1) is 11.7 Å². The summed E-state index contributed by atoms with van der Waals surface area (Å²) < 4.78 is 15.3. The fraction of sp³-hybridized carbons (Fsp3) is 0.133. The highest BCUT2D eigenvalue weighted by atomic mass is 19.1. The third-order valence-electron chi connectivity index (χ3n) is 3.21. The number of aromatic nitrogens is 4. The molecule has 106 valence electrons. The zero-order valence-corrected chi connectivity index (χ0v) is 11.4. The van der Waals surface area contributed by atoms with Crippen molar-refractivity contribution < 1.29 is 4.39 Å². The highest BCUT2D eigenvalue weighted by Crippen LogP contribution is 2.22. The smallest absolute Gasteiger partial charge is 0.143 e. The summed E-state index contributed by atoms with van der Waals surface area (Å²) in [7, 11) is 0. The third-order valence-corrected chi connectivity index (χ3v) is 3.21. The van der Waals surface area contributed by atoms with Crippen LogP contribution in [0.2, 0.25) is 0 Å². The van der Waals surface area contributed by atoms with Crippen LogP contribution in [0.25, 0.3) is 5.69 Å². The minimum Gasteiger partial charge on any atom is -0.378 e. The van der Waals surface area contributed by atoms with Gasteiger partial charge in [0.15, 0.2) is 0 Å². The highest BCUT2D eigenvalue weighted by Gasteiger charge is 2.10. The van der Waals surface area contributed by atoms with E-state index >= 15 is 0 Å². The summed E-state index contributed by atoms with van der Waals surface area (Å²) in [6.07, 6.45) is 1.53. The van der Waals surface area contributed by atoms with Gasteiger partial charge in [0, 0.05) is 11.3 Å². The molecular formula is C15H14FN5. The van der Waals surface area contributed by atoms with Crippen LogP contribution in [0.15, 0.2) is 54.9 Å². The van der Waals surface area contributed by atoms with E-state index in [2.05, 4.69) is 20.8 Å². The monoisotopic (exact) mass is 283 g/mol. The molecule has 1 atom stereocenters. The topological polar surface area (TPSA) is 55.6 Å². The molecule has 3 rings (SSSR count). The molecule has 0 aliphatic carbocycles. The van der Waals surface area contributed by atoms with Gasteiger partial charge in [-0.2, -0.15) is 0 Å². The molecule has 0 fully saturated rings. The molecule has 0 saturated heterocycles. The molecule has 0 radical (unpaired) electrons. The molecular weight excluding hydrogens is 269 g/mol. The predicted molar refractivity (Wildman–Crippen MR) is 77.6 cm³/mol. The number of halogens is 1. The minimum atomic E-state index is -0.214. The molecule has 0 amide bonds. The molecule has 1 N–H and O–H groups in total. The Bertz CT molecular complexity index is 726. The zero-order valence-electron chi connectivity index (χ0n) is 11.4. The first-order valence-corrected chi connectivity index (χ1v) is 6.58. The summed E-state index contributed by atoms with van der Waals surface area (Å²) in [6.45, 7) is 1.92. The van der Waals surface area contributed by atoms with E-state index in [-0.39, 0.29) is 11.9 Å². The first-order chi connectivity index (χ1) is 10.2. The molecule has 1 unspecified atom stereocenters. The van der Waals surface area contributed by atoms with Crippen LogP contribution >= 0.6 is 0 Å². The van der Waals surface area contributed by atoms with Gasteiger partial charge < -0.3 is 5.32 Å².